The molecule has 1 unspecified atom stereocenters. The number of hydrogen-bond donors (Lipinski definition) is 1. The molecule has 1 atom stereocenters. The Morgan fingerprint density at radius 1 is 1.32 bits per heavy atom. The lowest BCUT2D eigenvalue weighted by Gasteiger charge is -2.10. The first-order valence-electron chi connectivity index (χ1n) is 6.52. The van der Waals surface area contributed by atoms with Crippen molar-refractivity contribution in [2.24, 2.45) is 0 Å². The first kappa shape index (κ1) is 15.9. The summed E-state index contributed by atoms with van der Waals surface area (Å²) in [7, 11) is 0. The fourth-order valence-corrected chi connectivity index (χ4v) is 2.80. The van der Waals surface area contributed by atoms with Gasteiger partial charge in [-0.3, -0.25) is 4.79 Å². The van der Waals surface area contributed by atoms with Gasteiger partial charge in [-0.05, 0) is 49.3 Å². The Balaban J connectivity index is 2.18. The molecular formula is C15H22O3S. The van der Waals surface area contributed by atoms with Gasteiger partial charge in [0.05, 0.1) is 13.0 Å². The van der Waals surface area contributed by atoms with Gasteiger partial charge in [0.1, 0.15) is 5.75 Å². The van der Waals surface area contributed by atoms with E-state index >= 15 is 0 Å². The van der Waals surface area contributed by atoms with Gasteiger partial charge in [-0.15, -0.1) is 0 Å². The molecule has 1 aromatic carbocycles. The number of carboxylic acids is 1. The highest BCUT2D eigenvalue weighted by Gasteiger charge is 2.07. The summed E-state index contributed by atoms with van der Waals surface area (Å²) in [6.45, 7) is 6.74. The number of rotatable bonds is 8. The Morgan fingerprint density at radius 2 is 1.95 bits per heavy atom. The van der Waals surface area contributed by atoms with Crippen LogP contribution >= 0.6 is 11.8 Å². The maximum atomic E-state index is 10.5. The highest BCUT2D eigenvalue weighted by molar-refractivity contribution is 7.99. The smallest absolute Gasteiger partial charge is 0.304 e. The molecule has 0 saturated carbocycles. The van der Waals surface area contributed by atoms with Gasteiger partial charge in [-0.25, -0.2) is 0 Å². The lowest BCUT2D eigenvalue weighted by atomic mass is 10.1. The van der Waals surface area contributed by atoms with E-state index in [0.717, 1.165) is 17.9 Å². The summed E-state index contributed by atoms with van der Waals surface area (Å²) in [5, 5.41) is 8.81. The van der Waals surface area contributed by atoms with Crippen molar-refractivity contribution in [2.75, 3.05) is 12.4 Å². The SMILES string of the molecule is Cc1cc(C)cc(OCCCSC(C)CC(=O)O)c1. The summed E-state index contributed by atoms with van der Waals surface area (Å²) in [6, 6.07) is 6.19. The second-order valence-corrected chi connectivity index (χ2v) is 6.35. The lowest BCUT2D eigenvalue weighted by molar-refractivity contribution is -0.136. The monoisotopic (exact) mass is 282 g/mol. The largest absolute Gasteiger partial charge is 0.494 e. The first-order chi connectivity index (χ1) is 8.97. The van der Waals surface area contributed by atoms with E-state index in [-0.39, 0.29) is 11.7 Å². The van der Waals surface area contributed by atoms with Gasteiger partial charge in [0.2, 0.25) is 0 Å². The normalized spacial score (nSPS) is 12.2. The zero-order valence-corrected chi connectivity index (χ0v) is 12.6. The first-order valence-corrected chi connectivity index (χ1v) is 7.56. The second-order valence-electron chi connectivity index (χ2n) is 4.80. The molecular weight excluding hydrogens is 260 g/mol. The standard InChI is InChI=1S/C15H22O3S/c1-11-7-12(2)9-14(8-11)18-5-4-6-19-13(3)10-15(16)17/h7-9,13H,4-6,10H2,1-3H3,(H,16,17). The molecule has 0 heterocycles. The Hall–Kier alpha value is -1.16. The summed E-state index contributed by atoms with van der Waals surface area (Å²) in [5.74, 6) is 1.12. The predicted molar refractivity (Wildman–Crippen MR) is 80.2 cm³/mol. The highest BCUT2D eigenvalue weighted by Crippen LogP contribution is 2.18. The molecule has 0 spiro atoms. The minimum Gasteiger partial charge on any atom is -0.494 e. The zero-order chi connectivity index (χ0) is 14.3. The van der Waals surface area contributed by atoms with Gasteiger partial charge in [0, 0.05) is 5.25 Å². The van der Waals surface area contributed by atoms with Gasteiger partial charge < -0.3 is 9.84 Å². The van der Waals surface area contributed by atoms with Crippen LogP contribution in [0.2, 0.25) is 0 Å². The molecule has 19 heavy (non-hydrogen) atoms. The van der Waals surface area contributed by atoms with Crippen molar-refractivity contribution in [3.05, 3.63) is 29.3 Å². The molecule has 106 valence electrons. The van der Waals surface area contributed by atoms with Crippen LogP contribution in [-0.2, 0) is 4.79 Å². The van der Waals surface area contributed by atoms with E-state index in [1.165, 1.54) is 11.1 Å². The minimum atomic E-state index is -0.730. The lowest BCUT2D eigenvalue weighted by Crippen LogP contribution is -2.07. The fourth-order valence-electron chi connectivity index (χ4n) is 1.85. The maximum Gasteiger partial charge on any atom is 0.304 e. The summed E-state index contributed by atoms with van der Waals surface area (Å²) in [6.07, 6.45) is 1.16. The van der Waals surface area contributed by atoms with E-state index in [0.29, 0.717) is 6.61 Å². The van der Waals surface area contributed by atoms with Crippen molar-refractivity contribution >= 4 is 17.7 Å². The number of carboxylic acid groups (broad SMARTS) is 1. The molecule has 1 aromatic rings. The van der Waals surface area contributed by atoms with E-state index < -0.39 is 5.97 Å². The van der Waals surface area contributed by atoms with E-state index in [9.17, 15) is 4.79 Å². The summed E-state index contributed by atoms with van der Waals surface area (Å²) in [5.41, 5.74) is 2.42. The topological polar surface area (TPSA) is 46.5 Å². The van der Waals surface area contributed by atoms with Crippen LogP contribution in [0.15, 0.2) is 18.2 Å². The van der Waals surface area contributed by atoms with Gasteiger partial charge >= 0.3 is 5.97 Å². The number of aliphatic carboxylic acids is 1. The molecule has 0 bridgehead atoms. The molecule has 1 N–H and O–H groups in total. The van der Waals surface area contributed by atoms with E-state index in [4.69, 9.17) is 9.84 Å². The zero-order valence-electron chi connectivity index (χ0n) is 11.8. The van der Waals surface area contributed by atoms with Crippen LogP contribution in [0.25, 0.3) is 0 Å². The van der Waals surface area contributed by atoms with Crippen LogP contribution in [-0.4, -0.2) is 28.7 Å². The molecule has 3 nitrogen and oxygen atoms in total. The minimum absolute atomic E-state index is 0.165. The quantitative estimate of drug-likeness (QED) is 0.739. The third-order valence-corrected chi connectivity index (χ3v) is 3.88. The molecule has 4 heteroatoms. The highest BCUT2D eigenvalue weighted by atomic mass is 32.2. The van der Waals surface area contributed by atoms with Gasteiger partial charge in [0.25, 0.3) is 0 Å². The van der Waals surface area contributed by atoms with E-state index in [1.807, 2.05) is 19.1 Å². The van der Waals surface area contributed by atoms with Crippen LogP contribution in [0, 0.1) is 13.8 Å². The summed E-state index contributed by atoms with van der Waals surface area (Å²) in [4.78, 5) is 10.5. The van der Waals surface area contributed by atoms with Crippen LogP contribution < -0.4 is 4.74 Å². The van der Waals surface area contributed by atoms with Crippen LogP contribution in [0.3, 0.4) is 0 Å². The average Bonchev–Trinajstić information content (AvgIpc) is 2.26. The van der Waals surface area contributed by atoms with Gasteiger partial charge in [-0.1, -0.05) is 13.0 Å². The van der Waals surface area contributed by atoms with Crippen molar-refractivity contribution in [1.29, 1.82) is 0 Å². The number of aryl methyl sites for hydroxylation is 2. The second kappa shape index (κ2) is 8.10. The predicted octanol–water partition coefficient (Wildman–Crippen LogP) is 3.67. The van der Waals surface area contributed by atoms with Crippen molar-refractivity contribution in [3.8, 4) is 5.75 Å². The Kier molecular flexibility index (Phi) is 6.78. The molecule has 1 rings (SSSR count). The van der Waals surface area contributed by atoms with Crippen molar-refractivity contribution in [1.82, 2.24) is 0 Å². The third kappa shape index (κ3) is 7.11. The average molecular weight is 282 g/mol. The summed E-state index contributed by atoms with van der Waals surface area (Å²) < 4.78 is 5.70. The molecule has 0 aliphatic heterocycles. The number of carbonyl (C=O) groups is 1. The van der Waals surface area contributed by atoms with Gasteiger partial charge in [-0.2, -0.15) is 11.8 Å². The molecule has 0 fully saturated rings. The maximum absolute atomic E-state index is 10.5. The molecule has 0 aliphatic carbocycles. The number of benzene rings is 1. The Labute approximate surface area is 119 Å². The fraction of sp³-hybridized carbons (Fsp3) is 0.533. The van der Waals surface area contributed by atoms with Crippen molar-refractivity contribution in [2.45, 2.75) is 38.9 Å². The number of hydrogen-bond acceptors (Lipinski definition) is 3. The molecule has 0 amide bonds. The summed E-state index contributed by atoms with van der Waals surface area (Å²) >= 11 is 1.69. The van der Waals surface area contributed by atoms with E-state index in [2.05, 4.69) is 19.9 Å². The van der Waals surface area contributed by atoms with E-state index in [1.54, 1.807) is 11.8 Å². The van der Waals surface area contributed by atoms with Crippen LogP contribution in [0.4, 0.5) is 0 Å². The van der Waals surface area contributed by atoms with Crippen LogP contribution in [0.5, 0.6) is 5.75 Å². The van der Waals surface area contributed by atoms with Crippen LogP contribution in [0.1, 0.15) is 30.9 Å². The third-order valence-electron chi connectivity index (χ3n) is 2.62. The van der Waals surface area contributed by atoms with Crippen molar-refractivity contribution < 1.29 is 14.6 Å². The van der Waals surface area contributed by atoms with Gasteiger partial charge in [0.15, 0.2) is 0 Å². The molecule has 0 radical (unpaired) electrons. The number of ether oxygens (including phenoxy) is 1. The number of thioether (sulfide) groups is 1. The molecule has 0 aliphatic rings. The van der Waals surface area contributed by atoms with Crippen molar-refractivity contribution in [3.63, 3.8) is 0 Å². The Bertz CT molecular complexity index is 398. The molecule has 0 saturated heterocycles. The molecule has 0 aromatic heterocycles. The Morgan fingerprint density at radius 3 is 2.53 bits per heavy atom.